The molecule has 6 heteroatoms. The number of carbonyl (C=O) groups is 1. The number of rotatable bonds is 16. The van der Waals surface area contributed by atoms with Crippen LogP contribution in [0.5, 0.6) is 0 Å². The minimum atomic E-state index is 0.123. The van der Waals surface area contributed by atoms with E-state index in [0.717, 1.165) is 13.2 Å². The molecule has 0 N–H and O–H groups in total. The SMILES string of the molecule is CC(C)COCCOCCOCCOCCC(=O)N(C)CC(C)C. The van der Waals surface area contributed by atoms with E-state index in [0.29, 0.717) is 64.5 Å². The molecule has 0 fully saturated rings. The maximum atomic E-state index is 11.8. The molecule has 0 spiro atoms. The normalized spacial score (nSPS) is 11.5. The van der Waals surface area contributed by atoms with Crippen molar-refractivity contribution in [3.8, 4) is 0 Å². The van der Waals surface area contributed by atoms with Gasteiger partial charge in [-0.1, -0.05) is 27.7 Å². The van der Waals surface area contributed by atoms with Gasteiger partial charge in [0.25, 0.3) is 0 Å². The summed E-state index contributed by atoms with van der Waals surface area (Å²) < 4.78 is 21.6. The lowest BCUT2D eigenvalue weighted by Gasteiger charge is -2.19. The Balaban J connectivity index is 3.24. The molecule has 1 amide bonds. The van der Waals surface area contributed by atoms with Gasteiger partial charge in [0.15, 0.2) is 0 Å². The third-order valence-electron chi connectivity index (χ3n) is 3.09. The van der Waals surface area contributed by atoms with Crippen LogP contribution in [-0.2, 0) is 23.7 Å². The molecular formula is C18H37NO5. The Morgan fingerprint density at radius 1 is 0.750 bits per heavy atom. The largest absolute Gasteiger partial charge is 0.379 e. The second-order valence-corrected chi connectivity index (χ2v) is 6.72. The molecule has 0 aromatic heterocycles. The summed E-state index contributed by atoms with van der Waals surface area (Å²) in [4.78, 5) is 13.5. The van der Waals surface area contributed by atoms with E-state index in [1.165, 1.54) is 0 Å². The molecule has 24 heavy (non-hydrogen) atoms. The fourth-order valence-corrected chi connectivity index (χ4v) is 1.98. The lowest BCUT2D eigenvalue weighted by Crippen LogP contribution is -2.31. The molecule has 0 heterocycles. The van der Waals surface area contributed by atoms with Crippen molar-refractivity contribution in [3.63, 3.8) is 0 Å². The highest BCUT2D eigenvalue weighted by atomic mass is 16.6. The molecule has 0 saturated heterocycles. The molecule has 0 rings (SSSR count). The molecular weight excluding hydrogens is 310 g/mol. The lowest BCUT2D eigenvalue weighted by molar-refractivity contribution is -0.131. The first-order valence-corrected chi connectivity index (χ1v) is 8.98. The van der Waals surface area contributed by atoms with Crippen molar-refractivity contribution in [2.24, 2.45) is 11.8 Å². The van der Waals surface area contributed by atoms with Crippen LogP contribution in [0.15, 0.2) is 0 Å². The molecule has 144 valence electrons. The molecule has 0 radical (unpaired) electrons. The number of nitrogens with zero attached hydrogens (tertiary/aromatic N) is 1. The van der Waals surface area contributed by atoms with E-state index >= 15 is 0 Å². The zero-order valence-electron chi connectivity index (χ0n) is 16.2. The average molecular weight is 347 g/mol. The van der Waals surface area contributed by atoms with Crippen LogP contribution in [-0.4, -0.2) is 77.3 Å². The van der Waals surface area contributed by atoms with Crippen LogP contribution in [0.2, 0.25) is 0 Å². The maximum absolute atomic E-state index is 11.8. The van der Waals surface area contributed by atoms with Gasteiger partial charge in [0.05, 0.1) is 52.7 Å². The molecule has 0 bridgehead atoms. The number of amides is 1. The number of hydrogen-bond acceptors (Lipinski definition) is 5. The highest BCUT2D eigenvalue weighted by Crippen LogP contribution is 1.98. The Morgan fingerprint density at radius 2 is 1.21 bits per heavy atom. The third-order valence-corrected chi connectivity index (χ3v) is 3.09. The Kier molecular flexibility index (Phi) is 15.4. The minimum absolute atomic E-state index is 0.123. The van der Waals surface area contributed by atoms with E-state index in [9.17, 15) is 4.79 Å². The van der Waals surface area contributed by atoms with Crippen LogP contribution in [0, 0.1) is 11.8 Å². The van der Waals surface area contributed by atoms with Gasteiger partial charge in [-0.05, 0) is 11.8 Å². The maximum Gasteiger partial charge on any atom is 0.224 e. The summed E-state index contributed by atoms with van der Waals surface area (Å²) in [6, 6.07) is 0. The van der Waals surface area contributed by atoms with Gasteiger partial charge >= 0.3 is 0 Å². The number of hydrogen-bond donors (Lipinski definition) is 0. The summed E-state index contributed by atoms with van der Waals surface area (Å²) >= 11 is 0. The Morgan fingerprint density at radius 3 is 1.67 bits per heavy atom. The van der Waals surface area contributed by atoms with E-state index in [1.54, 1.807) is 4.90 Å². The van der Waals surface area contributed by atoms with Crippen molar-refractivity contribution >= 4 is 5.91 Å². The van der Waals surface area contributed by atoms with E-state index < -0.39 is 0 Å². The van der Waals surface area contributed by atoms with Crippen LogP contribution in [0.25, 0.3) is 0 Å². The van der Waals surface area contributed by atoms with Crippen molar-refractivity contribution in [2.45, 2.75) is 34.1 Å². The first kappa shape index (κ1) is 23.3. The smallest absolute Gasteiger partial charge is 0.224 e. The molecule has 0 aliphatic rings. The van der Waals surface area contributed by atoms with E-state index in [1.807, 2.05) is 7.05 Å². The topological polar surface area (TPSA) is 57.2 Å². The van der Waals surface area contributed by atoms with E-state index in [4.69, 9.17) is 18.9 Å². The van der Waals surface area contributed by atoms with Gasteiger partial charge in [-0.25, -0.2) is 0 Å². The summed E-state index contributed by atoms with van der Waals surface area (Å²) in [6.45, 7) is 13.8. The van der Waals surface area contributed by atoms with Gasteiger partial charge in [0.2, 0.25) is 5.91 Å². The van der Waals surface area contributed by atoms with Crippen LogP contribution in [0.1, 0.15) is 34.1 Å². The van der Waals surface area contributed by atoms with Gasteiger partial charge in [-0.15, -0.1) is 0 Å². The molecule has 0 aliphatic heterocycles. The monoisotopic (exact) mass is 347 g/mol. The summed E-state index contributed by atoms with van der Waals surface area (Å²) in [5.41, 5.74) is 0. The van der Waals surface area contributed by atoms with Crippen molar-refractivity contribution in [2.75, 3.05) is 66.4 Å². The summed E-state index contributed by atoms with van der Waals surface area (Å²) in [7, 11) is 1.83. The summed E-state index contributed by atoms with van der Waals surface area (Å²) in [5, 5.41) is 0. The first-order chi connectivity index (χ1) is 11.4. The van der Waals surface area contributed by atoms with Crippen LogP contribution >= 0.6 is 0 Å². The van der Waals surface area contributed by atoms with Gasteiger partial charge in [-0.3, -0.25) is 4.79 Å². The fraction of sp³-hybridized carbons (Fsp3) is 0.944. The summed E-state index contributed by atoms with van der Waals surface area (Å²) in [6.07, 6.45) is 0.419. The molecule has 0 atom stereocenters. The molecule has 0 aromatic carbocycles. The predicted molar refractivity (Wildman–Crippen MR) is 95.2 cm³/mol. The van der Waals surface area contributed by atoms with Gasteiger partial charge in [0, 0.05) is 20.2 Å². The molecule has 0 aromatic rings. The summed E-state index contributed by atoms with van der Waals surface area (Å²) in [5.74, 6) is 1.16. The van der Waals surface area contributed by atoms with E-state index in [2.05, 4.69) is 27.7 Å². The van der Waals surface area contributed by atoms with Gasteiger partial charge in [-0.2, -0.15) is 0 Å². The lowest BCUT2D eigenvalue weighted by atomic mass is 10.2. The van der Waals surface area contributed by atoms with Crippen molar-refractivity contribution in [3.05, 3.63) is 0 Å². The molecule has 6 nitrogen and oxygen atoms in total. The van der Waals surface area contributed by atoms with Crippen molar-refractivity contribution in [1.82, 2.24) is 4.90 Å². The van der Waals surface area contributed by atoms with E-state index in [-0.39, 0.29) is 5.91 Å². The van der Waals surface area contributed by atoms with Crippen LogP contribution in [0.3, 0.4) is 0 Å². The fourth-order valence-electron chi connectivity index (χ4n) is 1.98. The van der Waals surface area contributed by atoms with Gasteiger partial charge in [0.1, 0.15) is 0 Å². The zero-order valence-corrected chi connectivity index (χ0v) is 16.2. The Hall–Kier alpha value is -0.690. The standard InChI is InChI=1S/C18H37NO5/c1-16(2)14-19(5)18(20)6-7-21-8-9-22-10-11-23-12-13-24-15-17(3)4/h16-17H,6-15H2,1-5H3. The second-order valence-electron chi connectivity index (χ2n) is 6.72. The van der Waals surface area contributed by atoms with Crippen LogP contribution in [0.4, 0.5) is 0 Å². The van der Waals surface area contributed by atoms with Crippen molar-refractivity contribution < 1.29 is 23.7 Å². The number of carbonyl (C=O) groups excluding carboxylic acids is 1. The van der Waals surface area contributed by atoms with Gasteiger partial charge < -0.3 is 23.8 Å². The third kappa shape index (κ3) is 16.2. The van der Waals surface area contributed by atoms with Crippen LogP contribution < -0.4 is 0 Å². The molecule has 0 unspecified atom stereocenters. The highest BCUT2D eigenvalue weighted by Gasteiger charge is 2.09. The van der Waals surface area contributed by atoms with Crippen molar-refractivity contribution in [1.29, 1.82) is 0 Å². The second kappa shape index (κ2) is 15.8. The predicted octanol–water partition coefficient (Wildman–Crippen LogP) is 2.21. The Bertz CT molecular complexity index is 297. The first-order valence-electron chi connectivity index (χ1n) is 8.98. The Labute approximate surface area is 147 Å². The number of ether oxygens (including phenoxy) is 4. The molecule has 0 aliphatic carbocycles. The average Bonchev–Trinajstić information content (AvgIpc) is 2.50. The quantitative estimate of drug-likeness (QED) is 0.401. The zero-order chi connectivity index (χ0) is 18.2. The highest BCUT2D eigenvalue weighted by molar-refractivity contribution is 5.75. The molecule has 0 saturated carbocycles. The minimum Gasteiger partial charge on any atom is -0.379 e.